The van der Waals surface area contributed by atoms with Crippen molar-refractivity contribution in [2.75, 3.05) is 5.32 Å². The van der Waals surface area contributed by atoms with Crippen molar-refractivity contribution in [1.82, 2.24) is 19.5 Å². The maximum atomic E-state index is 11.8. The number of carboxylic acid groups (broad SMARTS) is 1. The van der Waals surface area contributed by atoms with E-state index >= 15 is 0 Å². The Morgan fingerprint density at radius 2 is 1.94 bits per heavy atom. The molecule has 0 spiro atoms. The van der Waals surface area contributed by atoms with Crippen molar-refractivity contribution in [1.29, 1.82) is 0 Å². The molecule has 4 aromatic rings. The first-order chi connectivity index (χ1) is 16.3. The highest BCUT2D eigenvalue weighted by molar-refractivity contribution is 6.42. The molecule has 2 heterocycles. The van der Waals surface area contributed by atoms with Crippen molar-refractivity contribution < 1.29 is 9.90 Å². The van der Waals surface area contributed by atoms with Gasteiger partial charge < -0.3 is 15.0 Å². The molecule has 34 heavy (non-hydrogen) atoms. The van der Waals surface area contributed by atoms with Crippen LogP contribution in [0.25, 0.3) is 22.6 Å². The molecule has 2 N–H and O–H groups in total. The minimum Gasteiger partial charge on any atom is -0.475 e. The first kappa shape index (κ1) is 22.6. The van der Waals surface area contributed by atoms with E-state index in [4.69, 9.17) is 28.2 Å². The Labute approximate surface area is 206 Å². The first-order valence-corrected chi connectivity index (χ1v) is 11.8. The van der Waals surface area contributed by atoms with Gasteiger partial charge in [0.05, 0.1) is 10.0 Å². The van der Waals surface area contributed by atoms with Crippen molar-refractivity contribution in [3.8, 4) is 11.4 Å². The SMILES string of the molecule is Cc1cccc(-c2nc3nc(C(=O)O)nc(NC(C)C4CC4)c3n2Cc2ccc(Cl)c(Cl)c2)c1. The first-order valence-electron chi connectivity index (χ1n) is 11.1. The normalized spacial score (nSPS) is 14.4. The molecule has 1 aliphatic rings. The largest absolute Gasteiger partial charge is 0.475 e. The summed E-state index contributed by atoms with van der Waals surface area (Å²) in [5, 5.41) is 14.0. The molecule has 0 aliphatic heterocycles. The smallest absolute Gasteiger partial charge is 0.374 e. The number of aromatic carboxylic acids is 1. The fourth-order valence-corrected chi connectivity index (χ4v) is 4.46. The lowest BCUT2D eigenvalue weighted by Crippen LogP contribution is -2.20. The molecule has 1 atom stereocenters. The topological polar surface area (TPSA) is 92.9 Å². The van der Waals surface area contributed by atoms with E-state index in [1.807, 2.05) is 47.9 Å². The van der Waals surface area contributed by atoms with E-state index in [9.17, 15) is 9.90 Å². The summed E-state index contributed by atoms with van der Waals surface area (Å²) in [6.07, 6.45) is 2.29. The summed E-state index contributed by atoms with van der Waals surface area (Å²) < 4.78 is 2.01. The van der Waals surface area contributed by atoms with Gasteiger partial charge in [-0.3, -0.25) is 0 Å². The lowest BCUT2D eigenvalue weighted by molar-refractivity contribution is 0.0684. The number of aryl methyl sites for hydroxylation is 1. The van der Waals surface area contributed by atoms with Gasteiger partial charge in [0.1, 0.15) is 11.3 Å². The predicted octanol–water partition coefficient (Wildman–Crippen LogP) is 6.07. The van der Waals surface area contributed by atoms with Gasteiger partial charge in [-0.15, -0.1) is 0 Å². The highest BCUT2D eigenvalue weighted by Crippen LogP contribution is 2.36. The van der Waals surface area contributed by atoms with Gasteiger partial charge >= 0.3 is 5.97 Å². The zero-order valence-corrected chi connectivity index (χ0v) is 20.2. The number of hydrogen-bond acceptors (Lipinski definition) is 5. The Bertz CT molecular complexity index is 1410. The van der Waals surface area contributed by atoms with Crippen molar-refractivity contribution in [3.63, 3.8) is 0 Å². The van der Waals surface area contributed by atoms with E-state index in [1.54, 1.807) is 6.07 Å². The second-order valence-corrected chi connectivity index (χ2v) is 9.60. The van der Waals surface area contributed by atoms with Crippen LogP contribution in [0.3, 0.4) is 0 Å². The van der Waals surface area contributed by atoms with Crippen LogP contribution >= 0.6 is 23.2 Å². The fraction of sp³-hybridized carbons (Fsp3) is 0.280. The summed E-state index contributed by atoms with van der Waals surface area (Å²) in [6, 6.07) is 13.6. The van der Waals surface area contributed by atoms with E-state index in [1.165, 1.54) is 0 Å². The van der Waals surface area contributed by atoms with Crippen molar-refractivity contribution in [2.45, 2.75) is 39.3 Å². The number of benzene rings is 2. The van der Waals surface area contributed by atoms with Crippen LogP contribution in [0.2, 0.25) is 10.0 Å². The lowest BCUT2D eigenvalue weighted by atomic mass is 10.1. The van der Waals surface area contributed by atoms with Crippen LogP contribution in [-0.2, 0) is 6.54 Å². The number of fused-ring (bicyclic) bond motifs is 1. The van der Waals surface area contributed by atoms with E-state index in [2.05, 4.69) is 22.2 Å². The molecule has 2 aromatic heterocycles. The van der Waals surface area contributed by atoms with Gasteiger partial charge in [-0.2, -0.15) is 0 Å². The maximum absolute atomic E-state index is 11.8. The average Bonchev–Trinajstić information content (AvgIpc) is 3.58. The van der Waals surface area contributed by atoms with Crippen molar-refractivity contribution >= 4 is 46.2 Å². The molecular formula is C25H23Cl2N5O2. The maximum Gasteiger partial charge on any atom is 0.374 e. The standard InChI is InChI=1S/C25H23Cl2N5O2/c1-13-4-3-5-17(10-13)24-31-22-20(32(24)12-15-6-9-18(26)19(27)11-15)21(28-14(2)16-7-8-16)29-23(30-22)25(33)34/h3-6,9-11,14,16H,7-8,12H2,1-2H3,(H,33,34)(H,28,29,30). The Balaban J connectivity index is 1.74. The van der Waals surface area contributed by atoms with Gasteiger partial charge in [0.15, 0.2) is 11.5 Å². The van der Waals surface area contributed by atoms with Gasteiger partial charge in [0.2, 0.25) is 5.82 Å². The third-order valence-corrected chi connectivity index (χ3v) is 6.83. The van der Waals surface area contributed by atoms with Gasteiger partial charge in [-0.25, -0.2) is 19.7 Å². The highest BCUT2D eigenvalue weighted by atomic mass is 35.5. The molecule has 9 heteroatoms. The van der Waals surface area contributed by atoms with E-state index in [-0.39, 0.29) is 11.9 Å². The van der Waals surface area contributed by atoms with Crippen LogP contribution in [-0.4, -0.2) is 36.6 Å². The lowest BCUT2D eigenvalue weighted by Gasteiger charge is -2.17. The minimum atomic E-state index is -1.19. The molecule has 2 aromatic carbocycles. The average molecular weight is 496 g/mol. The Kier molecular flexibility index (Phi) is 5.91. The van der Waals surface area contributed by atoms with Gasteiger partial charge in [-0.05, 0) is 56.4 Å². The summed E-state index contributed by atoms with van der Waals surface area (Å²) in [5.74, 6) is 0.200. The number of carboxylic acids is 1. The second kappa shape index (κ2) is 8.89. The number of carbonyl (C=O) groups is 1. The summed E-state index contributed by atoms with van der Waals surface area (Å²) >= 11 is 12.4. The Morgan fingerprint density at radius 3 is 2.62 bits per heavy atom. The Morgan fingerprint density at radius 1 is 1.15 bits per heavy atom. The molecular weight excluding hydrogens is 473 g/mol. The fourth-order valence-electron chi connectivity index (χ4n) is 4.14. The summed E-state index contributed by atoms with van der Waals surface area (Å²) in [5.41, 5.74) is 3.89. The minimum absolute atomic E-state index is 0.149. The summed E-state index contributed by atoms with van der Waals surface area (Å²) in [7, 11) is 0. The van der Waals surface area contributed by atoms with Crippen LogP contribution in [0.15, 0.2) is 42.5 Å². The van der Waals surface area contributed by atoms with Crippen molar-refractivity contribution in [2.24, 2.45) is 5.92 Å². The van der Waals surface area contributed by atoms with Gasteiger partial charge in [0, 0.05) is 18.2 Å². The molecule has 7 nitrogen and oxygen atoms in total. The molecule has 1 saturated carbocycles. The Hall–Kier alpha value is -3.16. The molecule has 1 fully saturated rings. The molecule has 174 valence electrons. The van der Waals surface area contributed by atoms with E-state index < -0.39 is 5.97 Å². The number of rotatable bonds is 7. The number of imidazole rings is 1. The highest BCUT2D eigenvalue weighted by Gasteiger charge is 2.30. The number of nitrogens with zero attached hydrogens (tertiary/aromatic N) is 4. The van der Waals surface area contributed by atoms with Crippen LogP contribution in [0.1, 0.15) is 41.5 Å². The zero-order chi connectivity index (χ0) is 24.0. The monoisotopic (exact) mass is 495 g/mol. The van der Waals surface area contributed by atoms with Crippen LogP contribution < -0.4 is 5.32 Å². The number of anilines is 1. The molecule has 0 bridgehead atoms. The molecule has 0 radical (unpaired) electrons. The zero-order valence-electron chi connectivity index (χ0n) is 18.7. The molecule has 1 aliphatic carbocycles. The third kappa shape index (κ3) is 4.45. The van der Waals surface area contributed by atoms with Gasteiger partial charge in [-0.1, -0.05) is 53.0 Å². The molecule has 5 rings (SSSR count). The molecule has 0 amide bonds. The van der Waals surface area contributed by atoms with E-state index in [0.717, 1.165) is 29.5 Å². The number of hydrogen-bond donors (Lipinski definition) is 2. The summed E-state index contributed by atoms with van der Waals surface area (Å²) in [4.78, 5) is 25.2. The summed E-state index contributed by atoms with van der Waals surface area (Å²) in [6.45, 7) is 4.54. The van der Waals surface area contributed by atoms with Gasteiger partial charge in [0.25, 0.3) is 0 Å². The second-order valence-electron chi connectivity index (χ2n) is 8.78. The third-order valence-electron chi connectivity index (χ3n) is 6.09. The number of aromatic nitrogens is 4. The van der Waals surface area contributed by atoms with Crippen LogP contribution in [0.5, 0.6) is 0 Å². The quantitative estimate of drug-likeness (QED) is 0.323. The van der Waals surface area contributed by atoms with Crippen LogP contribution in [0.4, 0.5) is 5.82 Å². The number of nitrogens with one attached hydrogen (secondary N) is 1. The molecule has 0 saturated heterocycles. The predicted molar refractivity (Wildman–Crippen MR) is 134 cm³/mol. The van der Waals surface area contributed by atoms with E-state index in [0.29, 0.717) is 45.3 Å². The van der Waals surface area contributed by atoms with Crippen molar-refractivity contribution in [3.05, 3.63) is 69.5 Å². The number of halogens is 2. The molecule has 1 unspecified atom stereocenters. The van der Waals surface area contributed by atoms with Crippen LogP contribution in [0, 0.1) is 12.8 Å².